The third-order valence-electron chi connectivity index (χ3n) is 6.78. The molecule has 0 unspecified atom stereocenters. The predicted octanol–water partition coefficient (Wildman–Crippen LogP) is 2.79. The molecule has 0 radical (unpaired) electrons. The summed E-state index contributed by atoms with van der Waals surface area (Å²) in [7, 11) is 0. The highest BCUT2D eigenvalue weighted by molar-refractivity contribution is 5.94. The quantitative estimate of drug-likeness (QED) is 0.410. The standard InChI is InChI=1S/C26H41N3O6/c1-6-34-23(32)26-15-18(26)12-10-8-7-9-11-13-20(27-24(33)35-25(3,4)5)17(2)29-16-19(30)14-21(29)22(31)28-26/h10,12,18-21,30H,2,6-9,11,13-16H2,1,3-5H3,(H,27,33)(H,28,31)/b12-10-/t18-,19-,20+,21+,26-/m1/s1. The van der Waals surface area contributed by atoms with Gasteiger partial charge in [-0.3, -0.25) is 4.79 Å². The van der Waals surface area contributed by atoms with Crippen LogP contribution in [0.25, 0.3) is 0 Å². The fourth-order valence-electron chi connectivity index (χ4n) is 4.91. The Bertz CT molecular complexity index is 851. The monoisotopic (exact) mass is 491 g/mol. The van der Waals surface area contributed by atoms with Crippen LogP contribution in [0.2, 0.25) is 0 Å². The van der Waals surface area contributed by atoms with Crippen molar-refractivity contribution in [1.29, 1.82) is 0 Å². The third-order valence-corrected chi connectivity index (χ3v) is 6.78. The number of ether oxygens (including phenoxy) is 2. The summed E-state index contributed by atoms with van der Waals surface area (Å²) in [6.45, 7) is 11.8. The first kappa shape index (κ1) is 27.0. The first-order valence-corrected chi connectivity index (χ1v) is 12.8. The zero-order chi connectivity index (χ0) is 25.8. The molecule has 1 saturated heterocycles. The zero-order valence-corrected chi connectivity index (χ0v) is 21.5. The molecule has 3 rings (SSSR count). The maximum atomic E-state index is 13.4. The normalized spacial score (nSPS) is 32.8. The molecule has 0 spiro atoms. The Hall–Kier alpha value is -2.55. The average molecular weight is 492 g/mol. The summed E-state index contributed by atoms with van der Waals surface area (Å²) in [5.74, 6) is -0.890. The fraction of sp³-hybridized carbons (Fsp3) is 0.731. The van der Waals surface area contributed by atoms with Gasteiger partial charge in [0, 0.05) is 24.6 Å². The second kappa shape index (κ2) is 11.0. The topological polar surface area (TPSA) is 117 Å². The van der Waals surface area contributed by atoms with Crippen LogP contribution in [-0.2, 0) is 19.1 Å². The van der Waals surface area contributed by atoms with Gasteiger partial charge in [0.15, 0.2) is 0 Å². The minimum Gasteiger partial charge on any atom is -0.464 e. The van der Waals surface area contributed by atoms with Gasteiger partial charge in [0.25, 0.3) is 0 Å². The number of esters is 1. The van der Waals surface area contributed by atoms with E-state index in [1.54, 1.807) is 32.6 Å². The van der Waals surface area contributed by atoms with Crippen LogP contribution < -0.4 is 10.6 Å². The molecule has 0 aromatic carbocycles. The van der Waals surface area contributed by atoms with Crippen LogP contribution in [0.4, 0.5) is 4.79 Å². The highest BCUT2D eigenvalue weighted by Gasteiger charge is 2.62. The minimum atomic E-state index is -1.07. The number of aliphatic hydroxyl groups is 1. The van der Waals surface area contributed by atoms with Crippen LogP contribution in [0.15, 0.2) is 24.4 Å². The largest absolute Gasteiger partial charge is 0.464 e. The van der Waals surface area contributed by atoms with E-state index in [4.69, 9.17) is 9.47 Å². The molecule has 0 aromatic rings. The second-order valence-corrected chi connectivity index (χ2v) is 10.8. The van der Waals surface area contributed by atoms with Gasteiger partial charge in [0.2, 0.25) is 5.91 Å². The number of rotatable bonds is 3. The van der Waals surface area contributed by atoms with Crippen LogP contribution in [0, 0.1) is 5.92 Å². The molecule has 0 bridgehead atoms. The molecule has 2 amide bonds. The molecule has 9 nitrogen and oxygen atoms in total. The van der Waals surface area contributed by atoms with Crippen LogP contribution in [0.3, 0.4) is 0 Å². The van der Waals surface area contributed by atoms with Crippen LogP contribution >= 0.6 is 0 Å². The maximum absolute atomic E-state index is 13.4. The van der Waals surface area contributed by atoms with Crippen LogP contribution in [0.5, 0.6) is 0 Å². The number of carbonyl (C=O) groups is 3. The Kier molecular flexibility index (Phi) is 8.51. The Labute approximate surface area is 208 Å². The lowest BCUT2D eigenvalue weighted by atomic mass is 10.0. The van der Waals surface area contributed by atoms with Crippen molar-refractivity contribution in [3.63, 3.8) is 0 Å². The molecule has 9 heteroatoms. The van der Waals surface area contributed by atoms with Gasteiger partial charge in [-0.05, 0) is 53.4 Å². The summed E-state index contributed by atoms with van der Waals surface area (Å²) in [4.78, 5) is 40.6. The number of allylic oxidation sites excluding steroid dienone is 1. The van der Waals surface area contributed by atoms with Gasteiger partial charge >= 0.3 is 12.1 Å². The summed E-state index contributed by atoms with van der Waals surface area (Å²) in [5.41, 5.74) is -1.16. The van der Waals surface area contributed by atoms with Gasteiger partial charge in [0.1, 0.15) is 17.2 Å². The van der Waals surface area contributed by atoms with E-state index in [2.05, 4.69) is 23.3 Å². The number of fused-ring (bicyclic) bond motifs is 2. The highest BCUT2D eigenvalue weighted by atomic mass is 16.6. The Morgan fingerprint density at radius 2 is 2.06 bits per heavy atom. The lowest BCUT2D eigenvalue weighted by Gasteiger charge is -2.34. The zero-order valence-electron chi connectivity index (χ0n) is 21.5. The van der Waals surface area contributed by atoms with Crippen molar-refractivity contribution in [3.05, 3.63) is 24.4 Å². The number of carbonyl (C=O) groups excluding carboxylic acids is 3. The lowest BCUT2D eigenvalue weighted by Crippen LogP contribution is -2.53. The molecular formula is C26H41N3O6. The predicted molar refractivity (Wildman–Crippen MR) is 131 cm³/mol. The molecule has 1 aliphatic carbocycles. The molecule has 1 saturated carbocycles. The maximum Gasteiger partial charge on any atom is 0.408 e. The van der Waals surface area contributed by atoms with Crippen molar-refractivity contribution in [2.45, 2.75) is 102 Å². The second-order valence-electron chi connectivity index (χ2n) is 10.8. The summed E-state index contributed by atoms with van der Waals surface area (Å²) in [6, 6.07) is -1.15. The van der Waals surface area contributed by atoms with Crippen molar-refractivity contribution >= 4 is 18.0 Å². The number of aliphatic hydroxyl groups excluding tert-OH is 1. The Morgan fingerprint density at radius 1 is 1.31 bits per heavy atom. The molecule has 3 aliphatic rings. The van der Waals surface area contributed by atoms with Crippen molar-refractivity contribution < 1.29 is 29.0 Å². The van der Waals surface area contributed by atoms with Crippen LogP contribution in [-0.4, -0.2) is 70.5 Å². The highest BCUT2D eigenvalue weighted by Crippen LogP contribution is 2.46. The summed E-state index contributed by atoms with van der Waals surface area (Å²) < 4.78 is 10.7. The van der Waals surface area contributed by atoms with Gasteiger partial charge in [-0.1, -0.05) is 31.6 Å². The van der Waals surface area contributed by atoms with Crippen molar-refractivity contribution in [3.8, 4) is 0 Å². The van der Waals surface area contributed by atoms with E-state index in [1.165, 1.54) is 0 Å². The van der Waals surface area contributed by atoms with Gasteiger partial charge in [-0.15, -0.1) is 0 Å². The first-order chi connectivity index (χ1) is 16.5. The molecule has 35 heavy (non-hydrogen) atoms. The van der Waals surface area contributed by atoms with Gasteiger partial charge in [-0.25, -0.2) is 9.59 Å². The molecule has 0 aromatic heterocycles. The van der Waals surface area contributed by atoms with Gasteiger partial charge in [0.05, 0.1) is 18.8 Å². The summed E-state index contributed by atoms with van der Waals surface area (Å²) in [5, 5.41) is 16.3. The van der Waals surface area contributed by atoms with E-state index in [0.29, 0.717) is 18.5 Å². The SMILES string of the molecule is C=C1[C@@H](NC(=O)OC(C)(C)C)CCCCC/C=C\[C@@H]2C[C@@]2(C(=O)OCC)NC(=O)[C@@H]2C[C@@H](O)CN12. The van der Waals surface area contributed by atoms with E-state index in [0.717, 1.165) is 25.7 Å². The number of alkyl carbamates (subject to hydrolysis) is 1. The van der Waals surface area contributed by atoms with E-state index >= 15 is 0 Å². The molecule has 2 fully saturated rings. The third kappa shape index (κ3) is 6.78. The molecule has 5 atom stereocenters. The van der Waals surface area contributed by atoms with Crippen molar-refractivity contribution in [2.24, 2.45) is 5.92 Å². The fourth-order valence-corrected chi connectivity index (χ4v) is 4.91. The van der Waals surface area contributed by atoms with E-state index in [1.807, 2.05) is 6.08 Å². The van der Waals surface area contributed by atoms with Gasteiger partial charge < -0.3 is 30.1 Å². The average Bonchev–Trinajstić information content (AvgIpc) is 3.30. The van der Waals surface area contributed by atoms with Gasteiger partial charge in [-0.2, -0.15) is 0 Å². The van der Waals surface area contributed by atoms with Crippen LogP contribution in [0.1, 0.15) is 72.6 Å². The Balaban J connectivity index is 1.84. The summed E-state index contributed by atoms with van der Waals surface area (Å²) >= 11 is 0. The molecule has 196 valence electrons. The smallest absolute Gasteiger partial charge is 0.408 e. The van der Waals surface area contributed by atoms with E-state index in [9.17, 15) is 19.5 Å². The number of amides is 2. The molecule has 3 N–H and O–H groups in total. The van der Waals surface area contributed by atoms with E-state index < -0.39 is 41.4 Å². The molecular weight excluding hydrogens is 450 g/mol. The number of hydrogen-bond acceptors (Lipinski definition) is 7. The lowest BCUT2D eigenvalue weighted by molar-refractivity contribution is -0.149. The minimum absolute atomic E-state index is 0.111. The number of nitrogens with one attached hydrogen (secondary N) is 2. The Morgan fingerprint density at radius 3 is 2.74 bits per heavy atom. The molecule has 2 heterocycles. The van der Waals surface area contributed by atoms with Crippen molar-refractivity contribution in [2.75, 3.05) is 13.2 Å². The first-order valence-electron chi connectivity index (χ1n) is 12.8. The summed E-state index contributed by atoms with van der Waals surface area (Å²) in [6.07, 6.45) is 7.80. The van der Waals surface area contributed by atoms with Crippen molar-refractivity contribution in [1.82, 2.24) is 15.5 Å². The number of hydrogen-bond donors (Lipinski definition) is 3. The number of nitrogens with zero attached hydrogens (tertiary/aromatic N) is 1. The van der Waals surface area contributed by atoms with E-state index in [-0.39, 0.29) is 31.4 Å². The molecule has 2 aliphatic heterocycles.